The van der Waals surface area contributed by atoms with Gasteiger partial charge in [0.2, 0.25) is 0 Å². The largest absolute Gasteiger partial charge is 0.315 e. The van der Waals surface area contributed by atoms with Crippen LogP contribution in [0.1, 0.15) is 25.0 Å². The molecule has 2 nitrogen and oxygen atoms in total. The van der Waals surface area contributed by atoms with Crippen molar-refractivity contribution in [1.29, 1.82) is 0 Å². The molecule has 0 unspecified atom stereocenters. The highest BCUT2D eigenvalue weighted by molar-refractivity contribution is 5.30. The lowest BCUT2D eigenvalue weighted by molar-refractivity contribution is 0.281. The molecule has 0 aliphatic carbocycles. The smallest absolute Gasteiger partial charge is 0.0241 e. The topological polar surface area (TPSA) is 15.3 Å². The third kappa shape index (κ3) is 3.06. The minimum absolute atomic E-state index is 0.746. The van der Waals surface area contributed by atoms with Crippen molar-refractivity contribution in [3.8, 4) is 0 Å². The van der Waals surface area contributed by atoms with E-state index in [0.29, 0.717) is 0 Å². The molecule has 1 N–H and O–H groups in total. The van der Waals surface area contributed by atoms with Crippen LogP contribution in [0.5, 0.6) is 0 Å². The van der Waals surface area contributed by atoms with E-state index in [1.54, 1.807) is 0 Å². The Bertz CT molecular complexity index is 308. The third-order valence-corrected chi connectivity index (χ3v) is 3.06. The first-order valence-electron chi connectivity index (χ1n) is 6.25. The Morgan fingerprint density at radius 1 is 1.19 bits per heavy atom. The predicted molar refractivity (Wildman–Crippen MR) is 68.3 cm³/mol. The van der Waals surface area contributed by atoms with Gasteiger partial charge in [0.25, 0.3) is 0 Å². The Balaban J connectivity index is 1.71. The number of rotatable bonds is 5. The number of nitrogens with one attached hydrogen (secondary N) is 1. The van der Waals surface area contributed by atoms with Crippen molar-refractivity contribution >= 4 is 0 Å². The zero-order chi connectivity index (χ0) is 11.4. The molecular formula is C14H22N2. The van der Waals surface area contributed by atoms with E-state index in [9.17, 15) is 0 Å². The minimum atomic E-state index is 0.746. The first-order chi connectivity index (χ1) is 7.75. The summed E-state index contributed by atoms with van der Waals surface area (Å²) in [6.45, 7) is 10.1. The van der Waals surface area contributed by atoms with Crippen LogP contribution in [-0.4, -0.2) is 24.5 Å². The Morgan fingerprint density at radius 2 is 1.81 bits per heavy atom. The Morgan fingerprint density at radius 3 is 2.38 bits per heavy atom. The summed E-state index contributed by atoms with van der Waals surface area (Å²) in [5.74, 6) is 0.746. The van der Waals surface area contributed by atoms with Crippen LogP contribution in [0.3, 0.4) is 0 Å². The standard InChI is InChI=1S/C14H22N2/c1-12(2)9-15-7-8-16-10-13-5-3-4-6-14(13)11-16/h3-6,12,15H,7-11H2,1-2H3. The lowest BCUT2D eigenvalue weighted by Crippen LogP contribution is -2.30. The van der Waals surface area contributed by atoms with Gasteiger partial charge in [0.1, 0.15) is 0 Å². The highest BCUT2D eigenvalue weighted by Gasteiger charge is 2.16. The van der Waals surface area contributed by atoms with Crippen LogP contribution in [0, 0.1) is 5.92 Å². The van der Waals surface area contributed by atoms with Crippen molar-refractivity contribution in [3.05, 3.63) is 35.4 Å². The molecule has 0 aromatic heterocycles. The van der Waals surface area contributed by atoms with Gasteiger partial charge in [-0.1, -0.05) is 38.1 Å². The molecule has 88 valence electrons. The molecule has 2 heteroatoms. The van der Waals surface area contributed by atoms with E-state index in [0.717, 1.165) is 38.6 Å². The average Bonchev–Trinajstić information content (AvgIpc) is 2.66. The van der Waals surface area contributed by atoms with Crippen LogP contribution in [0.4, 0.5) is 0 Å². The quantitative estimate of drug-likeness (QED) is 0.763. The highest BCUT2D eigenvalue weighted by Crippen LogP contribution is 2.21. The molecule has 0 saturated heterocycles. The number of benzene rings is 1. The van der Waals surface area contributed by atoms with Gasteiger partial charge in [-0.15, -0.1) is 0 Å². The van der Waals surface area contributed by atoms with Crippen LogP contribution in [0.15, 0.2) is 24.3 Å². The molecule has 0 saturated carbocycles. The van der Waals surface area contributed by atoms with E-state index >= 15 is 0 Å². The lowest BCUT2D eigenvalue weighted by atomic mass is 10.1. The summed E-state index contributed by atoms with van der Waals surface area (Å²) in [5.41, 5.74) is 3.01. The van der Waals surface area contributed by atoms with Crippen molar-refractivity contribution in [1.82, 2.24) is 10.2 Å². The van der Waals surface area contributed by atoms with Crippen LogP contribution >= 0.6 is 0 Å². The second kappa shape index (κ2) is 5.46. The van der Waals surface area contributed by atoms with Crippen LogP contribution in [0.2, 0.25) is 0 Å². The summed E-state index contributed by atoms with van der Waals surface area (Å²) < 4.78 is 0. The van der Waals surface area contributed by atoms with Crippen molar-refractivity contribution in [2.24, 2.45) is 5.92 Å². The molecule has 0 bridgehead atoms. The molecule has 0 spiro atoms. The molecule has 1 heterocycles. The maximum Gasteiger partial charge on any atom is 0.0241 e. The number of nitrogens with zero attached hydrogens (tertiary/aromatic N) is 1. The van der Waals surface area contributed by atoms with E-state index in [2.05, 4.69) is 48.3 Å². The Labute approximate surface area is 98.7 Å². The maximum absolute atomic E-state index is 3.50. The van der Waals surface area contributed by atoms with Crippen molar-refractivity contribution in [2.45, 2.75) is 26.9 Å². The second-order valence-electron chi connectivity index (χ2n) is 5.08. The van der Waals surface area contributed by atoms with Gasteiger partial charge in [-0.25, -0.2) is 0 Å². The molecule has 0 atom stereocenters. The molecule has 1 aromatic carbocycles. The molecule has 1 aliphatic heterocycles. The van der Waals surface area contributed by atoms with E-state index in [1.165, 1.54) is 11.1 Å². The normalized spacial score (nSPS) is 15.7. The first kappa shape index (κ1) is 11.6. The summed E-state index contributed by atoms with van der Waals surface area (Å²) in [6.07, 6.45) is 0. The van der Waals surface area contributed by atoms with Crippen LogP contribution in [0.25, 0.3) is 0 Å². The fourth-order valence-electron chi connectivity index (χ4n) is 2.19. The molecule has 1 aliphatic rings. The number of hydrogen-bond donors (Lipinski definition) is 1. The monoisotopic (exact) mass is 218 g/mol. The van der Waals surface area contributed by atoms with Gasteiger partial charge in [0.05, 0.1) is 0 Å². The number of hydrogen-bond acceptors (Lipinski definition) is 2. The fourth-order valence-corrected chi connectivity index (χ4v) is 2.19. The van der Waals surface area contributed by atoms with Crippen molar-refractivity contribution < 1.29 is 0 Å². The molecule has 1 aromatic rings. The zero-order valence-corrected chi connectivity index (χ0v) is 10.4. The molecule has 2 rings (SSSR count). The molecular weight excluding hydrogens is 196 g/mol. The van der Waals surface area contributed by atoms with E-state index < -0.39 is 0 Å². The predicted octanol–water partition coefficient (Wildman–Crippen LogP) is 2.25. The van der Waals surface area contributed by atoms with Gasteiger partial charge in [0.15, 0.2) is 0 Å². The number of fused-ring (bicyclic) bond motifs is 1. The fraction of sp³-hybridized carbons (Fsp3) is 0.571. The lowest BCUT2D eigenvalue weighted by Gasteiger charge is -2.15. The SMILES string of the molecule is CC(C)CNCCN1Cc2ccccc2C1. The molecule has 0 fully saturated rings. The molecule has 16 heavy (non-hydrogen) atoms. The summed E-state index contributed by atoms with van der Waals surface area (Å²) in [7, 11) is 0. The van der Waals surface area contributed by atoms with Crippen molar-refractivity contribution in [3.63, 3.8) is 0 Å². The third-order valence-electron chi connectivity index (χ3n) is 3.06. The molecule has 0 amide bonds. The summed E-state index contributed by atoms with van der Waals surface area (Å²) in [6, 6.07) is 8.77. The Hall–Kier alpha value is -0.860. The Kier molecular flexibility index (Phi) is 3.97. The minimum Gasteiger partial charge on any atom is -0.315 e. The van der Waals surface area contributed by atoms with Crippen molar-refractivity contribution in [2.75, 3.05) is 19.6 Å². The van der Waals surface area contributed by atoms with Gasteiger partial charge in [-0.2, -0.15) is 0 Å². The van der Waals surface area contributed by atoms with Crippen LogP contribution < -0.4 is 5.32 Å². The molecule has 0 radical (unpaired) electrons. The van der Waals surface area contributed by atoms with Gasteiger partial charge >= 0.3 is 0 Å². The zero-order valence-electron chi connectivity index (χ0n) is 10.4. The van der Waals surface area contributed by atoms with E-state index in [1.807, 2.05) is 0 Å². The second-order valence-corrected chi connectivity index (χ2v) is 5.08. The first-order valence-corrected chi connectivity index (χ1v) is 6.25. The summed E-state index contributed by atoms with van der Waals surface area (Å²) in [5, 5.41) is 3.50. The van der Waals surface area contributed by atoms with Gasteiger partial charge < -0.3 is 5.32 Å². The summed E-state index contributed by atoms with van der Waals surface area (Å²) >= 11 is 0. The van der Waals surface area contributed by atoms with Gasteiger partial charge in [-0.3, -0.25) is 4.90 Å². The van der Waals surface area contributed by atoms with E-state index in [-0.39, 0.29) is 0 Å². The highest BCUT2D eigenvalue weighted by atomic mass is 15.1. The van der Waals surface area contributed by atoms with Gasteiger partial charge in [-0.05, 0) is 23.6 Å². The average molecular weight is 218 g/mol. The maximum atomic E-state index is 3.50. The summed E-state index contributed by atoms with van der Waals surface area (Å²) in [4.78, 5) is 2.51. The van der Waals surface area contributed by atoms with Gasteiger partial charge in [0, 0.05) is 26.2 Å². The van der Waals surface area contributed by atoms with E-state index in [4.69, 9.17) is 0 Å². The van der Waals surface area contributed by atoms with Crippen LogP contribution in [-0.2, 0) is 13.1 Å².